The van der Waals surface area contributed by atoms with Crippen molar-refractivity contribution in [2.75, 3.05) is 24.4 Å². The summed E-state index contributed by atoms with van der Waals surface area (Å²) < 4.78 is 10.7. The van der Waals surface area contributed by atoms with Crippen LogP contribution in [0.3, 0.4) is 0 Å². The van der Waals surface area contributed by atoms with Crippen molar-refractivity contribution >= 4 is 17.3 Å². The van der Waals surface area contributed by atoms with E-state index in [1.54, 1.807) is 25.4 Å². The summed E-state index contributed by atoms with van der Waals surface area (Å²) in [5.74, 6) is 1.16. The van der Waals surface area contributed by atoms with Crippen LogP contribution in [-0.2, 0) is 6.54 Å². The van der Waals surface area contributed by atoms with Gasteiger partial charge in [0.2, 0.25) is 0 Å². The van der Waals surface area contributed by atoms with E-state index in [9.17, 15) is 4.79 Å². The maximum absolute atomic E-state index is 12.6. The van der Waals surface area contributed by atoms with E-state index in [1.807, 2.05) is 55.5 Å². The number of amides is 1. The van der Waals surface area contributed by atoms with Crippen LogP contribution in [0.2, 0.25) is 0 Å². The predicted octanol–water partition coefficient (Wildman–Crippen LogP) is 4.35. The molecule has 144 valence electrons. The van der Waals surface area contributed by atoms with Gasteiger partial charge < -0.3 is 20.1 Å². The fourth-order valence-electron chi connectivity index (χ4n) is 2.65. The highest BCUT2D eigenvalue weighted by molar-refractivity contribution is 6.04. The van der Waals surface area contributed by atoms with Gasteiger partial charge in [-0.3, -0.25) is 9.78 Å². The maximum Gasteiger partial charge on any atom is 0.274 e. The lowest BCUT2D eigenvalue weighted by Crippen LogP contribution is -2.15. The molecule has 0 saturated carbocycles. The van der Waals surface area contributed by atoms with Gasteiger partial charge in [0.15, 0.2) is 0 Å². The minimum absolute atomic E-state index is 0.291. The van der Waals surface area contributed by atoms with E-state index in [-0.39, 0.29) is 5.91 Å². The summed E-state index contributed by atoms with van der Waals surface area (Å²) in [6, 6.07) is 18.7. The fourth-order valence-corrected chi connectivity index (χ4v) is 2.65. The molecule has 28 heavy (non-hydrogen) atoms. The number of hydrogen-bond donors (Lipinski definition) is 2. The summed E-state index contributed by atoms with van der Waals surface area (Å²) in [4.78, 5) is 16.8. The molecule has 0 bridgehead atoms. The average Bonchev–Trinajstić information content (AvgIpc) is 2.74. The Morgan fingerprint density at radius 3 is 2.61 bits per heavy atom. The molecule has 0 fully saturated rings. The van der Waals surface area contributed by atoms with Crippen molar-refractivity contribution in [1.29, 1.82) is 0 Å². The Balaban J connectivity index is 1.66. The SMILES string of the molecule is CCOc1ccccc1NC(=O)c1cc(NCc2ccc(OC)cc2)ccn1. The lowest BCUT2D eigenvalue weighted by Gasteiger charge is -2.12. The van der Waals surface area contributed by atoms with E-state index in [4.69, 9.17) is 9.47 Å². The minimum Gasteiger partial charge on any atom is -0.497 e. The molecule has 0 atom stereocenters. The zero-order valence-electron chi connectivity index (χ0n) is 15.9. The molecule has 0 aliphatic rings. The van der Waals surface area contributed by atoms with Gasteiger partial charge in [0.05, 0.1) is 19.4 Å². The van der Waals surface area contributed by atoms with Crippen molar-refractivity contribution in [3.05, 3.63) is 78.1 Å². The van der Waals surface area contributed by atoms with Crippen LogP contribution < -0.4 is 20.1 Å². The zero-order valence-corrected chi connectivity index (χ0v) is 15.9. The van der Waals surface area contributed by atoms with Crippen molar-refractivity contribution in [3.63, 3.8) is 0 Å². The van der Waals surface area contributed by atoms with Crippen LogP contribution in [0.15, 0.2) is 66.9 Å². The van der Waals surface area contributed by atoms with Crippen LogP contribution >= 0.6 is 0 Å². The van der Waals surface area contributed by atoms with Crippen molar-refractivity contribution in [2.24, 2.45) is 0 Å². The number of rotatable bonds is 8. The third kappa shape index (κ3) is 5.01. The summed E-state index contributed by atoms with van der Waals surface area (Å²) in [5.41, 5.74) is 2.86. The first-order valence-corrected chi connectivity index (χ1v) is 9.05. The fraction of sp³-hybridized carbons (Fsp3) is 0.182. The molecule has 3 rings (SSSR count). The Kier molecular flexibility index (Phi) is 6.46. The van der Waals surface area contributed by atoms with Crippen molar-refractivity contribution in [1.82, 2.24) is 4.98 Å². The molecule has 2 aromatic carbocycles. The van der Waals surface area contributed by atoms with Gasteiger partial charge in [-0.05, 0) is 48.9 Å². The first kappa shape index (κ1) is 19.2. The molecule has 0 radical (unpaired) electrons. The van der Waals surface area contributed by atoms with Crippen molar-refractivity contribution in [2.45, 2.75) is 13.5 Å². The number of pyridine rings is 1. The molecular formula is C22H23N3O3. The second-order valence-corrected chi connectivity index (χ2v) is 6.01. The van der Waals surface area contributed by atoms with Crippen LogP contribution in [0, 0.1) is 0 Å². The maximum atomic E-state index is 12.6. The van der Waals surface area contributed by atoms with Crippen LogP contribution in [0.25, 0.3) is 0 Å². The van der Waals surface area contributed by atoms with Gasteiger partial charge >= 0.3 is 0 Å². The van der Waals surface area contributed by atoms with E-state index in [0.717, 1.165) is 17.0 Å². The van der Waals surface area contributed by atoms with Gasteiger partial charge in [0, 0.05) is 18.4 Å². The number of ether oxygens (including phenoxy) is 2. The average molecular weight is 377 g/mol. The highest BCUT2D eigenvalue weighted by Crippen LogP contribution is 2.24. The van der Waals surface area contributed by atoms with E-state index >= 15 is 0 Å². The zero-order chi connectivity index (χ0) is 19.8. The van der Waals surface area contributed by atoms with E-state index in [1.165, 1.54) is 0 Å². The van der Waals surface area contributed by atoms with Gasteiger partial charge in [0.25, 0.3) is 5.91 Å². The number of anilines is 2. The van der Waals surface area contributed by atoms with Gasteiger partial charge in [0.1, 0.15) is 17.2 Å². The second kappa shape index (κ2) is 9.41. The van der Waals surface area contributed by atoms with Gasteiger partial charge in [-0.2, -0.15) is 0 Å². The second-order valence-electron chi connectivity index (χ2n) is 6.01. The Hall–Kier alpha value is -3.54. The van der Waals surface area contributed by atoms with E-state index in [2.05, 4.69) is 15.6 Å². The Bertz CT molecular complexity index is 926. The van der Waals surface area contributed by atoms with E-state index < -0.39 is 0 Å². The van der Waals surface area contributed by atoms with Crippen LogP contribution in [0.1, 0.15) is 23.0 Å². The number of benzene rings is 2. The third-order valence-corrected chi connectivity index (χ3v) is 4.08. The Labute approximate surface area is 164 Å². The number of carbonyl (C=O) groups excluding carboxylic acids is 1. The summed E-state index contributed by atoms with van der Waals surface area (Å²) >= 11 is 0. The lowest BCUT2D eigenvalue weighted by atomic mass is 10.2. The van der Waals surface area contributed by atoms with Crippen LogP contribution in [-0.4, -0.2) is 24.6 Å². The molecular weight excluding hydrogens is 354 g/mol. The molecule has 0 spiro atoms. The standard InChI is InChI=1S/C22H23N3O3/c1-3-28-21-7-5-4-6-19(21)25-22(26)20-14-17(12-13-23-20)24-15-16-8-10-18(27-2)11-9-16/h4-14H,3,15H2,1-2H3,(H,23,24)(H,25,26). The topological polar surface area (TPSA) is 72.5 Å². The first-order valence-electron chi connectivity index (χ1n) is 9.05. The molecule has 0 aliphatic heterocycles. The normalized spacial score (nSPS) is 10.2. The summed E-state index contributed by atoms with van der Waals surface area (Å²) in [6.07, 6.45) is 1.61. The molecule has 2 N–H and O–H groups in total. The number of nitrogens with zero attached hydrogens (tertiary/aromatic N) is 1. The van der Waals surface area contributed by atoms with Crippen molar-refractivity contribution in [3.8, 4) is 11.5 Å². The molecule has 0 saturated heterocycles. The van der Waals surface area contributed by atoms with Gasteiger partial charge in [-0.25, -0.2) is 0 Å². The number of para-hydroxylation sites is 2. The molecule has 0 unspecified atom stereocenters. The van der Waals surface area contributed by atoms with Crippen LogP contribution in [0.4, 0.5) is 11.4 Å². The molecule has 3 aromatic rings. The Morgan fingerprint density at radius 2 is 1.86 bits per heavy atom. The summed E-state index contributed by atoms with van der Waals surface area (Å²) in [5, 5.41) is 6.16. The molecule has 1 amide bonds. The summed E-state index contributed by atoms with van der Waals surface area (Å²) in [7, 11) is 1.64. The summed E-state index contributed by atoms with van der Waals surface area (Å²) in [6.45, 7) is 3.05. The first-order chi connectivity index (χ1) is 13.7. The largest absolute Gasteiger partial charge is 0.497 e. The predicted molar refractivity (Wildman–Crippen MR) is 110 cm³/mol. The Morgan fingerprint density at radius 1 is 1.07 bits per heavy atom. The number of nitrogens with one attached hydrogen (secondary N) is 2. The molecule has 6 heteroatoms. The quantitative estimate of drug-likeness (QED) is 0.610. The molecule has 6 nitrogen and oxygen atoms in total. The van der Waals surface area contributed by atoms with Crippen molar-refractivity contribution < 1.29 is 14.3 Å². The number of aromatic nitrogens is 1. The number of methoxy groups -OCH3 is 1. The molecule has 0 aliphatic carbocycles. The third-order valence-electron chi connectivity index (χ3n) is 4.08. The van der Waals surface area contributed by atoms with E-state index in [0.29, 0.717) is 30.3 Å². The highest BCUT2D eigenvalue weighted by atomic mass is 16.5. The minimum atomic E-state index is -0.291. The molecule has 1 heterocycles. The lowest BCUT2D eigenvalue weighted by molar-refractivity contribution is 0.102. The number of hydrogen-bond acceptors (Lipinski definition) is 5. The van der Waals surface area contributed by atoms with Gasteiger partial charge in [-0.1, -0.05) is 24.3 Å². The smallest absolute Gasteiger partial charge is 0.274 e. The van der Waals surface area contributed by atoms with Gasteiger partial charge in [-0.15, -0.1) is 0 Å². The monoisotopic (exact) mass is 377 g/mol. The molecule has 1 aromatic heterocycles. The number of carbonyl (C=O) groups is 1. The highest BCUT2D eigenvalue weighted by Gasteiger charge is 2.11. The van der Waals surface area contributed by atoms with Crippen LogP contribution in [0.5, 0.6) is 11.5 Å².